The molecule has 3 rings (SSSR count). The van der Waals surface area contributed by atoms with Crippen LogP contribution in [-0.2, 0) is 29.0 Å². The third-order valence-corrected chi connectivity index (χ3v) is 5.00. The number of hydrogen-bond donors (Lipinski definition) is 1. The molecule has 27 heavy (non-hydrogen) atoms. The zero-order chi connectivity index (χ0) is 19.4. The Balaban J connectivity index is 1.60. The van der Waals surface area contributed by atoms with Crippen molar-refractivity contribution in [2.24, 2.45) is 0 Å². The number of benzene rings is 1. The standard InChI is InChI=1S/C21H29N3O3/c1-14-11-24(12-15(2)26-14)13-19-8-6-5-7-18(19)10-22-21(25)9-20-16(3)23-27-17(20)4/h5-8,14-15H,9-13H2,1-4H3,(H,22,25)/t14-,15-/m0/s1. The molecule has 1 aromatic carbocycles. The van der Waals surface area contributed by atoms with Crippen LogP contribution in [0.2, 0.25) is 0 Å². The second kappa shape index (κ2) is 8.67. The van der Waals surface area contributed by atoms with Crippen molar-refractivity contribution in [1.29, 1.82) is 0 Å². The van der Waals surface area contributed by atoms with Gasteiger partial charge >= 0.3 is 0 Å². The van der Waals surface area contributed by atoms with E-state index in [-0.39, 0.29) is 18.1 Å². The Morgan fingerprint density at radius 2 is 1.85 bits per heavy atom. The molecule has 0 saturated carbocycles. The van der Waals surface area contributed by atoms with E-state index >= 15 is 0 Å². The predicted octanol–water partition coefficient (Wildman–Crippen LogP) is 2.76. The van der Waals surface area contributed by atoms with Crippen LogP contribution in [0.3, 0.4) is 0 Å². The third-order valence-electron chi connectivity index (χ3n) is 5.00. The number of rotatable bonds is 6. The first-order chi connectivity index (χ1) is 12.9. The highest BCUT2D eigenvalue weighted by atomic mass is 16.5. The minimum absolute atomic E-state index is 0.0205. The number of morpholine rings is 1. The SMILES string of the molecule is Cc1noc(C)c1CC(=O)NCc1ccccc1CN1C[C@H](C)O[C@@H](C)C1. The van der Waals surface area contributed by atoms with Crippen molar-refractivity contribution in [3.8, 4) is 0 Å². The van der Waals surface area contributed by atoms with Crippen molar-refractivity contribution in [3.63, 3.8) is 0 Å². The van der Waals surface area contributed by atoms with Gasteiger partial charge in [0.25, 0.3) is 0 Å². The molecule has 1 amide bonds. The van der Waals surface area contributed by atoms with Crippen LogP contribution in [0.25, 0.3) is 0 Å². The molecule has 0 bridgehead atoms. The van der Waals surface area contributed by atoms with Gasteiger partial charge in [-0.1, -0.05) is 29.4 Å². The number of carbonyl (C=O) groups excluding carboxylic acids is 1. The zero-order valence-electron chi connectivity index (χ0n) is 16.6. The largest absolute Gasteiger partial charge is 0.373 e. The minimum atomic E-state index is -0.0205. The maximum atomic E-state index is 12.4. The van der Waals surface area contributed by atoms with Crippen LogP contribution in [0, 0.1) is 13.8 Å². The number of aromatic nitrogens is 1. The Labute approximate surface area is 160 Å². The summed E-state index contributed by atoms with van der Waals surface area (Å²) in [5, 5.41) is 6.94. The van der Waals surface area contributed by atoms with Crippen LogP contribution >= 0.6 is 0 Å². The summed E-state index contributed by atoms with van der Waals surface area (Å²) >= 11 is 0. The monoisotopic (exact) mass is 371 g/mol. The molecule has 1 saturated heterocycles. The number of carbonyl (C=O) groups is 1. The fraction of sp³-hybridized carbons (Fsp3) is 0.524. The fourth-order valence-corrected chi connectivity index (χ4v) is 3.71. The average Bonchev–Trinajstić information content (AvgIpc) is 2.92. The number of nitrogens with one attached hydrogen (secondary N) is 1. The van der Waals surface area contributed by atoms with E-state index in [2.05, 4.69) is 47.4 Å². The smallest absolute Gasteiger partial charge is 0.224 e. The van der Waals surface area contributed by atoms with Gasteiger partial charge < -0.3 is 14.6 Å². The van der Waals surface area contributed by atoms with Crippen LogP contribution < -0.4 is 5.32 Å². The van der Waals surface area contributed by atoms with Gasteiger partial charge in [-0.2, -0.15) is 0 Å². The van der Waals surface area contributed by atoms with Crippen molar-refractivity contribution in [3.05, 3.63) is 52.4 Å². The Kier molecular flexibility index (Phi) is 6.29. The van der Waals surface area contributed by atoms with E-state index < -0.39 is 0 Å². The van der Waals surface area contributed by atoms with Crippen molar-refractivity contribution in [2.45, 2.75) is 59.4 Å². The van der Waals surface area contributed by atoms with Gasteiger partial charge in [-0.25, -0.2) is 0 Å². The zero-order valence-corrected chi connectivity index (χ0v) is 16.6. The molecule has 1 aromatic heterocycles. The van der Waals surface area contributed by atoms with Gasteiger partial charge in [0.2, 0.25) is 5.91 Å². The van der Waals surface area contributed by atoms with Crippen LogP contribution in [-0.4, -0.2) is 41.3 Å². The lowest BCUT2D eigenvalue weighted by atomic mass is 10.1. The number of amides is 1. The molecule has 0 unspecified atom stereocenters. The summed E-state index contributed by atoms with van der Waals surface area (Å²) in [6, 6.07) is 8.29. The van der Waals surface area contributed by atoms with Crippen molar-refractivity contribution in [2.75, 3.05) is 13.1 Å². The van der Waals surface area contributed by atoms with E-state index in [0.29, 0.717) is 18.7 Å². The quantitative estimate of drug-likeness (QED) is 0.846. The molecule has 2 heterocycles. The number of hydrogen-bond acceptors (Lipinski definition) is 5. The lowest BCUT2D eigenvalue weighted by Crippen LogP contribution is -2.45. The van der Waals surface area contributed by atoms with Crippen LogP contribution in [0.1, 0.15) is 42.0 Å². The van der Waals surface area contributed by atoms with Crippen LogP contribution in [0.15, 0.2) is 28.8 Å². The normalized spacial score (nSPS) is 20.6. The fourth-order valence-electron chi connectivity index (χ4n) is 3.71. The summed E-state index contributed by atoms with van der Waals surface area (Å²) in [6.07, 6.45) is 0.785. The molecule has 1 aliphatic rings. The van der Waals surface area contributed by atoms with E-state index in [0.717, 1.165) is 36.5 Å². The molecule has 0 spiro atoms. The van der Waals surface area contributed by atoms with Gasteiger partial charge in [0.05, 0.1) is 24.3 Å². The average molecular weight is 371 g/mol. The van der Waals surface area contributed by atoms with E-state index in [4.69, 9.17) is 9.26 Å². The van der Waals surface area contributed by atoms with Gasteiger partial charge in [0, 0.05) is 31.7 Å². The van der Waals surface area contributed by atoms with Gasteiger partial charge in [-0.05, 0) is 38.8 Å². The maximum Gasteiger partial charge on any atom is 0.224 e. The Bertz CT molecular complexity index is 757. The van der Waals surface area contributed by atoms with Crippen LogP contribution in [0.4, 0.5) is 0 Å². The molecule has 1 fully saturated rings. The lowest BCUT2D eigenvalue weighted by molar-refractivity contribution is -0.120. The molecule has 6 nitrogen and oxygen atoms in total. The maximum absolute atomic E-state index is 12.4. The molecule has 2 atom stereocenters. The third kappa shape index (κ3) is 5.17. The Morgan fingerprint density at radius 3 is 2.48 bits per heavy atom. The molecular formula is C21H29N3O3. The minimum Gasteiger partial charge on any atom is -0.373 e. The van der Waals surface area contributed by atoms with E-state index in [1.807, 2.05) is 19.9 Å². The number of nitrogens with zero attached hydrogens (tertiary/aromatic N) is 2. The first-order valence-electron chi connectivity index (χ1n) is 9.55. The summed E-state index contributed by atoms with van der Waals surface area (Å²) < 4.78 is 11.0. The van der Waals surface area contributed by atoms with Crippen LogP contribution in [0.5, 0.6) is 0 Å². The first kappa shape index (κ1) is 19.6. The van der Waals surface area contributed by atoms with Crippen molar-refractivity contribution in [1.82, 2.24) is 15.4 Å². The molecule has 146 valence electrons. The molecular weight excluding hydrogens is 342 g/mol. The first-order valence-corrected chi connectivity index (χ1v) is 9.55. The van der Waals surface area contributed by atoms with E-state index in [1.54, 1.807) is 0 Å². The van der Waals surface area contributed by atoms with Crippen molar-refractivity contribution >= 4 is 5.91 Å². The highest BCUT2D eigenvalue weighted by Gasteiger charge is 2.22. The summed E-state index contributed by atoms with van der Waals surface area (Å²) in [5.74, 6) is 0.687. The number of aryl methyl sites for hydroxylation is 2. The molecule has 2 aromatic rings. The topological polar surface area (TPSA) is 67.6 Å². The Hall–Kier alpha value is -2.18. The molecule has 1 N–H and O–H groups in total. The summed E-state index contributed by atoms with van der Waals surface area (Å²) in [5.41, 5.74) is 4.04. The summed E-state index contributed by atoms with van der Waals surface area (Å²) in [4.78, 5) is 14.8. The molecule has 1 aliphatic heterocycles. The summed E-state index contributed by atoms with van der Waals surface area (Å²) in [7, 11) is 0. The second-order valence-corrected chi connectivity index (χ2v) is 7.48. The highest BCUT2D eigenvalue weighted by molar-refractivity contribution is 5.79. The van der Waals surface area contributed by atoms with Crippen molar-refractivity contribution < 1.29 is 14.1 Å². The highest BCUT2D eigenvalue weighted by Crippen LogP contribution is 2.17. The molecule has 6 heteroatoms. The number of ether oxygens (including phenoxy) is 1. The van der Waals surface area contributed by atoms with Gasteiger partial charge in [0.1, 0.15) is 5.76 Å². The second-order valence-electron chi connectivity index (χ2n) is 7.48. The molecule has 0 aliphatic carbocycles. The lowest BCUT2D eigenvalue weighted by Gasteiger charge is -2.35. The van der Waals surface area contributed by atoms with E-state index in [9.17, 15) is 4.79 Å². The molecule has 0 radical (unpaired) electrons. The summed E-state index contributed by atoms with van der Waals surface area (Å²) in [6.45, 7) is 11.2. The van der Waals surface area contributed by atoms with Gasteiger partial charge in [0.15, 0.2) is 0 Å². The van der Waals surface area contributed by atoms with Gasteiger partial charge in [-0.15, -0.1) is 0 Å². The van der Waals surface area contributed by atoms with Gasteiger partial charge in [-0.3, -0.25) is 9.69 Å². The Morgan fingerprint density at radius 1 is 1.19 bits per heavy atom. The van der Waals surface area contributed by atoms with E-state index in [1.165, 1.54) is 5.56 Å². The predicted molar refractivity (Wildman–Crippen MR) is 103 cm³/mol.